The highest BCUT2D eigenvalue weighted by Gasteiger charge is 2.10. The van der Waals surface area contributed by atoms with E-state index < -0.39 is 25.0 Å². The van der Waals surface area contributed by atoms with Crippen LogP contribution >= 0.6 is 0 Å². The molecule has 0 heterocycles. The van der Waals surface area contributed by atoms with Gasteiger partial charge in [0.15, 0.2) is 0 Å². The van der Waals surface area contributed by atoms with E-state index in [4.69, 9.17) is 14.9 Å². The third kappa shape index (κ3) is 5.53. The molecule has 102 valence electrons. The molecule has 1 aromatic rings. The summed E-state index contributed by atoms with van der Waals surface area (Å²) in [6, 6.07) is 6.94. The zero-order valence-electron chi connectivity index (χ0n) is 10.3. The third-order valence-corrected chi connectivity index (χ3v) is 2.10. The number of aliphatic carboxylic acids is 2. The fourth-order valence-electron chi connectivity index (χ4n) is 1.32. The van der Waals surface area contributed by atoms with Crippen LogP contribution in [0.4, 0.5) is 0 Å². The average Bonchev–Trinajstić information content (AvgIpc) is 2.35. The van der Waals surface area contributed by atoms with Crippen LogP contribution in [0, 0.1) is 0 Å². The molecule has 0 fully saturated rings. The van der Waals surface area contributed by atoms with Crippen LogP contribution in [0.15, 0.2) is 29.4 Å². The van der Waals surface area contributed by atoms with Crippen molar-refractivity contribution in [2.24, 2.45) is 5.10 Å². The highest BCUT2D eigenvalue weighted by molar-refractivity contribution is 5.80. The van der Waals surface area contributed by atoms with Crippen molar-refractivity contribution in [3.63, 3.8) is 0 Å². The molecule has 0 saturated carbocycles. The molecular weight excluding hydrogens is 252 g/mol. The molecule has 0 amide bonds. The lowest BCUT2D eigenvalue weighted by atomic mass is 10.2. The fourth-order valence-corrected chi connectivity index (χ4v) is 1.32. The highest BCUT2D eigenvalue weighted by atomic mass is 16.5. The normalized spacial score (nSPS) is 10.4. The standard InChI is InChI=1S/C12H14N2O5/c1-19-10-4-2-3-9(5-10)6-13-14(7-11(15)16)8-12(17)18/h2-6H,7-8H2,1H3,(H,15,16)(H,17,18)/b13-6-. The van der Waals surface area contributed by atoms with Gasteiger partial charge in [0.05, 0.1) is 13.3 Å². The van der Waals surface area contributed by atoms with E-state index in [1.807, 2.05) is 0 Å². The van der Waals surface area contributed by atoms with E-state index in [-0.39, 0.29) is 0 Å². The molecule has 2 N–H and O–H groups in total. The van der Waals surface area contributed by atoms with Gasteiger partial charge in [-0.25, -0.2) is 0 Å². The van der Waals surface area contributed by atoms with Gasteiger partial charge < -0.3 is 14.9 Å². The molecule has 0 aliphatic heterocycles. The molecule has 0 aromatic heterocycles. The number of hydrogen-bond donors (Lipinski definition) is 2. The lowest BCUT2D eigenvalue weighted by molar-refractivity contribution is -0.141. The van der Waals surface area contributed by atoms with Gasteiger partial charge in [0.1, 0.15) is 18.8 Å². The topological polar surface area (TPSA) is 99.4 Å². The summed E-state index contributed by atoms with van der Waals surface area (Å²) in [6.07, 6.45) is 1.38. The van der Waals surface area contributed by atoms with Crippen molar-refractivity contribution in [1.82, 2.24) is 5.01 Å². The Morgan fingerprint density at radius 2 is 1.95 bits per heavy atom. The van der Waals surface area contributed by atoms with Crippen molar-refractivity contribution in [1.29, 1.82) is 0 Å². The molecule has 0 bridgehead atoms. The van der Waals surface area contributed by atoms with Crippen molar-refractivity contribution >= 4 is 18.2 Å². The Morgan fingerprint density at radius 3 is 2.47 bits per heavy atom. The lowest BCUT2D eigenvalue weighted by Crippen LogP contribution is -2.30. The number of carboxylic acids is 2. The SMILES string of the molecule is COc1cccc(/C=N\N(CC(=O)O)CC(=O)O)c1. The van der Waals surface area contributed by atoms with Crippen LogP contribution in [-0.4, -0.2) is 53.6 Å². The van der Waals surface area contributed by atoms with Crippen molar-refractivity contribution in [2.75, 3.05) is 20.2 Å². The van der Waals surface area contributed by atoms with Crippen LogP contribution in [0.1, 0.15) is 5.56 Å². The lowest BCUT2D eigenvalue weighted by Gasteiger charge is -2.13. The molecule has 0 aliphatic carbocycles. The Balaban J connectivity index is 2.78. The van der Waals surface area contributed by atoms with Gasteiger partial charge >= 0.3 is 11.9 Å². The number of carbonyl (C=O) groups is 2. The van der Waals surface area contributed by atoms with Gasteiger partial charge in [-0.05, 0) is 17.7 Å². The average molecular weight is 266 g/mol. The summed E-state index contributed by atoms with van der Waals surface area (Å²) < 4.78 is 5.03. The van der Waals surface area contributed by atoms with Crippen LogP contribution in [-0.2, 0) is 9.59 Å². The Kier molecular flexibility index (Phi) is 5.34. The number of hydrogen-bond acceptors (Lipinski definition) is 5. The second kappa shape index (κ2) is 7.00. The molecule has 1 rings (SSSR count). The van der Waals surface area contributed by atoms with Gasteiger partial charge in [-0.1, -0.05) is 12.1 Å². The van der Waals surface area contributed by atoms with Crippen LogP contribution in [0.5, 0.6) is 5.75 Å². The minimum Gasteiger partial charge on any atom is -0.497 e. The summed E-state index contributed by atoms with van der Waals surface area (Å²) in [5.41, 5.74) is 0.681. The first-order chi connectivity index (χ1) is 9.01. The van der Waals surface area contributed by atoms with Crippen molar-refractivity contribution in [2.45, 2.75) is 0 Å². The summed E-state index contributed by atoms with van der Waals surface area (Å²) >= 11 is 0. The van der Waals surface area contributed by atoms with E-state index >= 15 is 0 Å². The molecular formula is C12H14N2O5. The first-order valence-corrected chi connectivity index (χ1v) is 5.38. The van der Waals surface area contributed by atoms with E-state index in [0.717, 1.165) is 5.01 Å². The monoisotopic (exact) mass is 266 g/mol. The van der Waals surface area contributed by atoms with Crippen molar-refractivity contribution in [3.05, 3.63) is 29.8 Å². The predicted molar refractivity (Wildman–Crippen MR) is 67.4 cm³/mol. The van der Waals surface area contributed by atoms with Gasteiger partial charge in [0, 0.05) is 0 Å². The molecule has 0 atom stereocenters. The minimum atomic E-state index is -1.15. The molecule has 7 heteroatoms. The summed E-state index contributed by atoms with van der Waals surface area (Å²) in [6.45, 7) is -0.959. The number of nitrogens with zero attached hydrogens (tertiary/aromatic N) is 2. The Bertz CT molecular complexity index is 471. The quantitative estimate of drug-likeness (QED) is 0.550. The van der Waals surface area contributed by atoms with E-state index in [1.165, 1.54) is 13.3 Å². The van der Waals surface area contributed by atoms with Crippen LogP contribution in [0.3, 0.4) is 0 Å². The van der Waals surface area contributed by atoms with Gasteiger partial charge in [-0.3, -0.25) is 14.6 Å². The Labute approximate surface area is 109 Å². The molecule has 1 aromatic carbocycles. The summed E-state index contributed by atoms with van der Waals surface area (Å²) in [4.78, 5) is 21.1. The van der Waals surface area contributed by atoms with Crippen molar-refractivity contribution in [3.8, 4) is 5.75 Å². The number of carboxylic acid groups (broad SMARTS) is 2. The first kappa shape index (κ1) is 14.5. The second-order valence-electron chi connectivity index (χ2n) is 3.63. The molecule has 0 unspecified atom stereocenters. The largest absolute Gasteiger partial charge is 0.497 e. The maximum absolute atomic E-state index is 10.6. The van der Waals surface area contributed by atoms with Gasteiger partial charge in [0.25, 0.3) is 0 Å². The van der Waals surface area contributed by atoms with Gasteiger partial charge in [0.2, 0.25) is 0 Å². The molecule has 0 saturated heterocycles. The molecule has 0 spiro atoms. The smallest absolute Gasteiger partial charge is 0.324 e. The number of hydrazone groups is 1. The maximum Gasteiger partial charge on any atom is 0.324 e. The van der Waals surface area contributed by atoms with E-state index in [1.54, 1.807) is 24.3 Å². The van der Waals surface area contributed by atoms with Crippen LogP contribution in [0.2, 0.25) is 0 Å². The van der Waals surface area contributed by atoms with Crippen LogP contribution in [0.25, 0.3) is 0 Å². The zero-order valence-corrected chi connectivity index (χ0v) is 10.3. The van der Waals surface area contributed by atoms with Gasteiger partial charge in [-0.15, -0.1) is 0 Å². The Hall–Kier alpha value is -2.57. The van der Waals surface area contributed by atoms with Gasteiger partial charge in [-0.2, -0.15) is 5.10 Å². The number of benzene rings is 1. The number of methoxy groups -OCH3 is 1. The summed E-state index contributed by atoms with van der Waals surface area (Å²) in [5.74, 6) is -1.67. The minimum absolute atomic E-state index is 0.479. The second-order valence-corrected chi connectivity index (χ2v) is 3.63. The van der Waals surface area contributed by atoms with E-state index in [9.17, 15) is 9.59 Å². The highest BCUT2D eigenvalue weighted by Crippen LogP contribution is 2.10. The molecule has 7 nitrogen and oxygen atoms in total. The molecule has 19 heavy (non-hydrogen) atoms. The fraction of sp³-hybridized carbons (Fsp3) is 0.250. The Morgan fingerprint density at radius 1 is 1.32 bits per heavy atom. The molecule has 0 radical (unpaired) electrons. The number of ether oxygens (including phenoxy) is 1. The summed E-state index contributed by atoms with van der Waals surface area (Å²) in [7, 11) is 1.53. The maximum atomic E-state index is 10.6. The van der Waals surface area contributed by atoms with Crippen molar-refractivity contribution < 1.29 is 24.5 Å². The predicted octanol–water partition coefficient (Wildman–Crippen LogP) is 0.500. The zero-order chi connectivity index (χ0) is 14.3. The van der Waals surface area contributed by atoms with Crippen LogP contribution < -0.4 is 4.74 Å². The number of rotatable bonds is 7. The third-order valence-electron chi connectivity index (χ3n) is 2.10. The first-order valence-electron chi connectivity index (χ1n) is 5.38. The molecule has 0 aliphatic rings. The van der Waals surface area contributed by atoms with E-state index in [2.05, 4.69) is 5.10 Å². The van der Waals surface area contributed by atoms with E-state index in [0.29, 0.717) is 11.3 Å². The summed E-state index contributed by atoms with van der Waals surface area (Å²) in [5, 5.41) is 22.1.